The molecule has 0 saturated carbocycles. The summed E-state index contributed by atoms with van der Waals surface area (Å²) >= 11 is 0. The molecular formula is C12H10F2LiP. The summed E-state index contributed by atoms with van der Waals surface area (Å²) in [4.78, 5) is 0. The molecule has 0 aliphatic rings. The average Bonchev–Trinajstić information content (AvgIpc) is 2.24. The molecule has 2 aromatic rings. The molecule has 0 fully saturated rings. The second-order valence-corrected chi connectivity index (χ2v) is 4.41. The molecular weight excluding hydrogens is 220 g/mol. The average molecular weight is 230 g/mol. The van der Waals surface area contributed by atoms with Crippen LogP contribution in [0.4, 0.5) is 8.78 Å². The molecule has 0 aromatic heterocycles. The van der Waals surface area contributed by atoms with Crippen LogP contribution in [0.25, 0.3) is 0 Å². The Labute approximate surface area is 107 Å². The maximum absolute atomic E-state index is 13.3. The number of rotatable bonds is 2. The van der Waals surface area contributed by atoms with Gasteiger partial charge in [0.1, 0.15) is 11.6 Å². The minimum atomic E-state index is -0.279. The predicted molar refractivity (Wildman–Crippen MR) is 67.5 cm³/mol. The zero-order valence-corrected chi connectivity index (χ0v) is 8.87. The molecule has 0 bridgehead atoms. The van der Waals surface area contributed by atoms with E-state index in [9.17, 15) is 8.78 Å². The molecule has 0 heterocycles. The first-order chi connectivity index (χ1) is 7.27. The van der Waals surface area contributed by atoms with Crippen molar-refractivity contribution in [2.75, 3.05) is 0 Å². The second kappa shape index (κ2) is 6.16. The summed E-state index contributed by atoms with van der Waals surface area (Å²) in [6, 6.07) is 12.9. The molecule has 0 aliphatic heterocycles. The molecule has 0 nitrogen and oxygen atoms in total. The van der Waals surface area contributed by atoms with Gasteiger partial charge in [-0.15, -0.1) is 0 Å². The SMILES string of the molecule is Fc1ccccc1Pc1ccccc1F.[LiH]. The van der Waals surface area contributed by atoms with Crippen molar-refractivity contribution in [2.45, 2.75) is 0 Å². The summed E-state index contributed by atoms with van der Waals surface area (Å²) in [6.07, 6.45) is 0. The van der Waals surface area contributed by atoms with Crippen LogP contribution in [0.5, 0.6) is 0 Å². The van der Waals surface area contributed by atoms with Crippen LogP contribution in [0.1, 0.15) is 0 Å². The summed E-state index contributed by atoms with van der Waals surface area (Å²) in [5.74, 6) is -0.557. The Kier molecular flexibility index (Phi) is 5.16. The van der Waals surface area contributed by atoms with Gasteiger partial charge in [-0.05, 0) is 12.1 Å². The molecule has 2 rings (SSSR count). The van der Waals surface area contributed by atoms with Gasteiger partial charge in [-0.2, -0.15) is 0 Å². The van der Waals surface area contributed by atoms with Gasteiger partial charge < -0.3 is 0 Å². The minimum absolute atomic E-state index is 0. The normalized spacial score (nSPS) is 9.62. The van der Waals surface area contributed by atoms with Crippen molar-refractivity contribution >= 4 is 38.1 Å². The Balaban J connectivity index is 0.00000128. The second-order valence-electron chi connectivity index (χ2n) is 3.08. The van der Waals surface area contributed by atoms with E-state index in [0.717, 1.165) is 0 Å². The van der Waals surface area contributed by atoms with Gasteiger partial charge in [0, 0.05) is 10.6 Å². The summed E-state index contributed by atoms with van der Waals surface area (Å²) < 4.78 is 26.6. The van der Waals surface area contributed by atoms with Gasteiger partial charge >= 0.3 is 18.9 Å². The van der Waals surface area contributed by atoms with Crippen LogP contribution in [-0.2, 0) is 0 Å². The van der Waals surface area contributed by atoms with Crippen molar-refractivity contribution in [3.63, 3.8) is 0 Å². The molecule has 4 heteroatoms. The van der Waals surface area contributed by atoms with Crippen LogP contribution in [0, 0.1) is 11.6 Å². The summed E-state index contributed by atoms with van der Waals surface area (Å²) in [6.45, 7) is 0. The van der Waals surface area contributed by atoms with E-state index in [1.165, 1.54) is 12.1 Å². The predicted octanol–water partition coefficient (Wildman–Crippen LogP) is 1.95. The van der Waals surface area contributed by atoms with Crippen LogP contribution in [0.3, 0.4) is 0 Å². The Morgan fingerprint density at radius 1 is 0.688 bits per heavy atom. The Hall–Kier alpha value is -0.673. The summed E-state index contributed by atoms with van der Waals surface area (Å²) in [7, 11) is 0.0244. The molecule has 0 aliphatic carbocycles. The van der Waals surface area contributed by atoms with Crippen molar-refractivity contribution < 1.29 is 8.78 Å². The fourth-order valence-corrected chi connectivity index (χ4v) is 2.33. The molecule has 0 N–H and O–H groups in total. The van der Waals surface area contributed by atoms with E-state index in [4.69, 9.17) is 0 Å². The maximum atomic E-state index is 13.3. The fourth-order valence-electron chi connectivity index (χ4n) is 1.27. The molecule has 78 valence electrons. The number of hydrogen-bond donors (Lipinski definition) is 0. The van der Waals surface area contributed by atoms with E-state index in [0.29, 0.717) is 10.6 Å². The molecule has 16 heavy (non-hydrogen) atoms. The van der Waals surface area contributed by atoms with E-state index < -0.39 is 0 Å². The van der Waals surface area contributed by atoms with Crippen LogP contribution in [-0.4, -0.2) is 18.9 Å². The van der Waals surface area contributed by atoms with Crippen molar-refractivity contribution in [3.05, 3.63) is 60.2 Å². The van der Waals surface area contributed by atoms with E-state index in [-0.39, 0.29) is 39.1 Å². The first-order valence-electron chi connectivity index (χ1n) is 4.53. The Morgan fingerprint density at radius 3 is 1.44 bits per heavy atom. The quantitative estimate of drug-likeness (QED) is 0.546. The van der Waals surface area contributed by atoms with Crippen LogP contribution >= 0.6 is 8.58 Å². The molecule has 0 spiro atoms. The molecule has 2 aromatic carbocycles. The number of benzene rings is 2. The van der Waals surface area contributed by atoms with Crippen molar-refractivity contribution in [1.29, 1.82) is 0 Å². The number of hydrogen-bond acceptors (Lipinski definition) is 0. The van der Waals surface area contributed by atoms with Crippen molar-refractivity contribution in [1.82, 2.24) is 0 Å². The fraction of sp³-hybridized carbons (Fsp3) is 0. The standard InChI is InChI=1S/C12H9F2P.Li.H/c13-9-5-1-3-7-11(9)15-12-8-4-2-6-10(12)14;;/h1-8,15H;;. The molecule has 0 saturated heterocycles. The van der Waals surface area contributed by atoms with E-state index in [1.54, 1.807) is 36.4 Å². The van der Waals surface area contributed by atoms with E-state index in [2.05, 4.69) is 0 Å². The van der Waals surface area contributed by atoms with E-state index in [1.807, 2.05) is 0 Å². The Bertz CT molecular complexity index is 431. The van der Waals surface area contributed by atoms with Crippen LogP contribution in [0.15, 0.2) is 48.5 Å². The first kappa shape index (κ1) is 13.4. The van der Waals surface area contributed by atoms with Gasteiger partial charge in [-0.1, -0.05) is 45.0 Å². The summed E-state index contributed by atoms with van der Waals surface area (Å²) in [5.41, 5.74) is 0. The van der Waals surface area contributed by atoms with Gasteiger partial charge in [0.25, 0.3) is 0 Å². The van der Waals surface area contributed by atoms with Gasteiger partial charge in [-0.3, -0.25) is 0 Å². The van der Waals surface area contributed by atoms with E-state index >= 15 is 0 Å². The van der Waals surface area contributed by atoms with Gasteiger partial charge in [0.05, 0.1) is 0 Å². The first-order valence-corrected chi connectivity index (χ1v) is 5.53. The van der Waals surface area contributed by atoms with Crippen LogP contribution in [0.2, 0.25) is 0 Å². The van der Waals surface area contributed by atoms with Gasteiger partial charge in [0.15, 0.2) is 0 Å². The topological polar surface area (TPSA) is 0 Å². The number of halogens is 2. The molecule has 0 amide bonds. The third-order valence-electron chi connectivity index (χ3n) is 2.02. The molecule has 0 unspecified atom stereocenters. The van der Waals surface area contributed by atoms with Gasteiger partial charge in [0.2, 0.25) is 0 Å². The molecule has 0 atom stereocenters. The third kappa shape index (κ3) is 3.16. The van der Waals surface area contributed by atoms with Gasteiger partial charge in [-0.25, -0.2) is 8.78 Å². The Morgan fingerprint density at radius 2 is 1.06 bits per heavy atom. The zero-order valence-electron chi connectivity index (χ0n) is 7.87. The summed E-state index contributed by atoms with van der Waals surface area (Å²) in [5, 5.41) is 1.09. The third-order valence-corrected chi connectivity index (χ3v) is 3.37. The molecule has 0 radical (unpaired) electrons. The van der Waals surface area contributed by atoms with Crippen LogP contribution < -0.4 is 10.6 Å². The van der Waals surface area contributed by atoms with Crippen molar-refractivity contribution in [3.8, 4) is 0 Å². The van der Waals surface area contributed by atoms with Crippen molar-refractivity contribution in [2.24, 2.45) is 0 Å². The zero-order chi connectivity index (χ0) is 10.7. The monoisotopic (exact) mass is 230 g/mol.